The fourth-order valence-corrected chi connectivity index (χ4v) is 7.08. The van der Waals surface area contributed by atoms with Crippen LogP contribution in [0.5, 0.6) is 0 Å². The van der Waals surface area contributed by atoms with E-state index < -0.39 is 9.84 Å². The smallest absolute Gasteiger partial charge is 0.254 e. The fraction of sp³-hybridized carbons (Fsp3) is 0.773. The number of sulfone groups is 1. The first-order valence-electron chi connectivity index (χ1n) is 11.1. The molecule has 0 aliphatic heterocycles. The summed E-state index contributed by atoms with van der Waals surface area (Å²) in [5.74, 6) is 2.08. The summed E-state index contributed by atoms with van der Waals surface area (Å²) in [6.07, 6.45) is 10.7. The highest BCUT2D eigenvalue weighted by molar-refractivity contribution is 7.92. The van der Waals surface area contributed by atoms with Gasteiger partial charge in [-0.3, -0.25) is 4.79 Å². The lowest BCUT2D eigenvalue weighted by molar-refractivity contribution is 0.0894. The molecular weight excluding hydrogens is 386 g/mol. The van der Waals surface area contributed by atoms with Gasteiger partial charge in [0.15, 0.2) is 9.84 Å². The maximum Gasteiger partial charge on any atom is 0.254 e. The number of carbonyl (C=O) groups is 1. The van der Waals surface area contributed by atoms with Gasteiger partial charge >= 0.3 is 0 Å². The highest BCUT2D eigenvalue weighted by atomic mass is 32.2. The molecule has 0 atom stereocenters. The van der Waals surface area contributed by atoms with Gasteiger partial charge in [-0.15, -0.1) is 0 Å². The lowest BCUT2D eigenvalue weighted by atomic mass is 9.70. The summed E-state index contributed by atoms with van der Waals surface area (Å²) in [5, 5.41) is 2.95. The standard InChI is InChI=1S/C22H33N3O3S/c1-15-20(12-23-16(2)25-15)21(26)24-14-22(11-17-3-4-17)9-7-19(8-10-22)29(27,28)13-18-5-6-18/h12,17-19H,3-11,13-14H2,1-2H3,(H,24,26). The van der Waals surface area contributed by atoms with Crippen LogP contribution in [0, 0.1) is 31.1 Å². The van der Waals surface area contributed by atoms with Crippen LogP contribution < -0.4 is 5.32 Å². The highest BCUT2D eigenvalue weighted by Crippen LogP contribution is 2.48. The predicted molar refractivity (Wildman–Crippen MR) is 112 cm³/mol. The number of nitrogens with zero attached hydrogens (tertiary/aromatic N) is 2. The lowest BCUT2D eigenvalue weighted by Crippen LogP contribution is -2.43. The summed E-state index contributed by atoms with van der Waals surface area (Å²) in [5.41, 5.74) is 1.25. The van der Waals surface area contributed by atoms with Crippen molar-refractivity contribution in [2.75, 3.05) is 12.3 Å². The number of amides is 1. The minimum absolute atomic E-state index is 0.0296. The van der Waals surface area contributed by atoms with Crippen molar-refractivity contribution in [3.05, 3.63) is 23.3 Å². The van der Waals surface area contributed by atoms with Crippen molar-refractivity contribution in [2.45, 2.75) is 76.9 Å². The first-order chi connectivity index (χ1) is 13.8. The summed E-state index contributed by atoms with van der Waals surface area (Å²) >= 11 is 0. The molecule has 0 bridgehead atoms. The van der Waals surface area contributed by atoms with E-state index in [1.54, 1.807) is 6.20 Å². The number of carbonyl (C=O) groups excluding carboxylic acids is 1. The van der Waals surface area contributed by atoms with Gasteiger partial charge in [-0.05, 0) is 76.0 Å². The van der Waals surface area contributed by atoms with Gasteiger partial charge in [-0.1, -0.05) is 12.8 Å². The molecule has 3 saturated carbocycles. The van der Waals surface area contributed by atoms with Gasteiger partial charge in [0.05, 0.1) is 22.3 Å². The number of aromatic nitrogens is 2. The zero-order valence-electron chi connectivity index (χ0n) is 17.6. The molecule has 29 heavy (non-hydrogen) atoms. The van der Waals surface area contributed by atoms with Gasteiger partial charge in [0.2, 0.25) is 0 Å². The average molecular weight is 420 g/mol. The molecule has 1 heterocycles. The van der Waals surface area contributed by atoms with Gasteiger partial charge in [0, 0.05) is 12.7 Å². The molecular formula is C22H33N3O3S. The quantitative estimate of drug-likeness (QED) is 0.698. The summed E-state index contributed by atoms with van der Waals surface area (Å²) in [7, 11) is -2.97. The summed E-state index contributed by atoms with van der Waals surface area (Å²) in [6, 6.07) is 0. The van der Waals surface area contributed by atoms with Gasteiger partial charge in [-0.25, -0.2) is 18.4 Å². The number of rotatable bonds is 8. The zero-order valence-corrected chi connectivity index (χ0v) is 18.4. The van der Waals surface area contributed by atoms with E-state index in [-0.39, 0.29) is 16.6 Å². The fourth-order valence-electron chi connectivity index (χ4n) is 4.87. The molecule has 3 aliphatic rings. The van der Waals surface area contributed by atoms with E-state index in [0.29, 0.717) is 35.3 Å². The topological polar surface area (TPSA) is 89.0 Å². The van der Waals surface area contributed by atoms with E-state index in [1.165, 1.54) is 12.8 Å². The summed E-state index contributed by atoms with van der Waals surface area (Å²) in [4.78, 5) is 21.2. The van der Waals surface area contributed by atoms with Crippen LogP contribution in [0.15, 0.2) is 6.20 Å². The van der Waals surface area contributed by atoms with Crippen LogP contribution in [0.3, 0.4) is 0 Å². The first kappa shape index (κ1) is 20.8. The van der Waals surface area contributed by atoms with Crippen molar-refractivity contribution >= 4 is 15.7 Å². The van der Waals surface area contributed by atoms with Crippen molar-refractivity contribution in [1.29, 1.82) is 0 Å². The van der Waals surface area contributed by atoms with Crippen LogP contribution in [-0.2, 0) is 9.84 Å². The van der Waals surface area contributed by atoms with Gasteiger partial charge in [-0.2, -0.15) is 0 Å². The van der Waals surface area contributed by atoms with Crippen LogP contribution in [0.2, 0.25) is 0 Å². The minimum atomic E-state index is -2.97. The Labute approximate surface area is 174 Å². The minimum Gasteiger partial charge on any atom is -0.351 e. The molecule has 1 aromatic rings. The van der Waals surface area contributed by atoms with Gasteiger partial charge < -0.3 is 5.32 Å². The second-order valence-corrected chi connectivity index (χ2v) is 12.0. The normalized spacial score (nSPS) is 27.6. The monoisotopic (exact) mass is 419 g/mol. The summed E-state index contributed by atoms with van der Waals surface area (Å²) in [6.45, 7) is 4.26. The molecule has 0 spiro atoms. The Hall–Kier alpha value is -1.50. The van der Waals surface area contributed by atoms with Crippen molar-refractivity contribution in [3.63, 3.8) is 0 Å². The molecule has 0 saturated heterocycles. The Kier molecular flexibility index (Phi) is 5.70. The van der Waals surface area contributed by atoms with Crippen molar-refractivity contribution in [1.82, 2.24) is 15.3 Å². The van der Waals surface area contributed by atoms with Crippen molar-refractivity contribution < 1.29 is 13.2 Å². The third-order valence-corrected chi connectivity index (χ3v) is 9.48. The molecule has 0 unspecified atom stereocenters. The van der Waals surface area contributed by atoms with Gasteiger partial charge in [0.1, 0.15) is 5.82 Å². The zero-order chi connectivity index (χ0) is 20.6. The Morgan fingerprint density at radius 1 is 1.10 bits per heavy atom. The maximum atomic E-state index is 12.7. The van der Waals surface area contributed by atoms with E-state index in [2.05, 4.69) is 15.3 Å². The van der Waals surface area contributed by atoms with Crippen LogP contribution in [0.4, 0.5) is 0 Å². The number of hydrogen-bond donors (Lipinski definition) is 1. The number of hydrogen-bond acceptors (Lipinski definition) is 5. The second-order valence-electron chi connectivity index (χ2n) is 9.72. The highest BCUT2D eigenvalue weighted by Gasteiger charge is 2.43. The van der Waals surface area contributed by atoms with Crippen LogP contribution in [0.1, 0.15) is 79.7 Å². The van der Waals surface area contributed by atoms with E-state index >= 15 is 0 Å². The van der Waals surface area contributed by atoms with E-state index in [1.807, 2.05) is 13.8 Å². The molecule has 4 rings (SSSR count). The third kappa shape index (κ3) is 5.16. The first-order valence-corrected chi connectivity index (χ1v) is 12.8. The van der Waals surface area contributed by atoms with Crippen LogP contribution >= 0.6 is 0 Å². The molecule has 0 radical (unpaired) electrons. The molecule has 6 nitrogen and oxygen atoms in total. The van der Waals surface area contributed by atoms with Crippen LogP contribution in [0.25, 0.3) is 0 Å². The second kappa shape index (κ2) is 7.97. The van der Waals surface area contributed by atoms with Crippen molar-refractivity contribution in [2.24, 2.45) is 17.3 Å². The lowest BCUT2D eigenvalue weighted by Gasteiger charge is -2.40. The Morgan fingerprint density at radius 3 is 2.34 bits per heavy atom. The van der Waals surface area contributed by atoms with Crippen LogP contribution in [-0.4, -0.2) is 41.8 Å². The molecule has 1 N–H and O–H groups in total. The van der Waals surface area contributed by atoms with E-state index in [0.717, 1.165) is 50.9 Å². The Morgan fingerprint density at radius 2 is 1.76 bits per heavy atom. The SMILES string of the molecule is Cc1ncc(C(=O)NCC2(CC3CC3)CCC(S(=O)(=O)CC3CC3)CC2)c(C)n1. The van der Waals surface area contributed by atoms with Crippen molar-refractivity contribution in [3.8, 4) is 0 Å². The molecule has 160 valence electrons. The molecule has 3 fully saturated rings. The number of nitrogens with one attached hydrogen (secondary N) is 1. The summed E-state index contributed by atoms with van der Waals surface area (Å²) < 4.78 is 25.4. The maximum absolute atomic E-state index is 12.7. The average Bonchev–Trinajstić information content (AvgIpc) is 3.58. The predicted octanol–water partition coefficient (Wildman–Crippen LogP) is 3.38. The Balaban J connectivity index is 1.39. The van der Waals surface area contributed by atoms with E-state index in [9.17, 15) is 13.2 Å². The third-order valence-electron chi connectivity index (χ3n) is 7.05. The molecule has 1 amide bonds. The molecule has 7 heteroatoms. The molecule has 1 aromatic heterocycles. The Bertz CT molecular complexity index is 867. The van der Waals surface area contributed by atoms with E-state index in [4.69, 9.17) is 0 Å². The molecule has 3 aliphatic carbocycles. The largest absolute Gasteiger partial charge is 0.351 e. The van der Waals surface area contributed by atoms with Gasteiger partial charge in [0.25, 0.3) is 5.91 Å². The molecule has 0 aromatic carbocycles. The number of aryl methyl sites for hydroxylation is 2.